The predicted octanol–water partition coefficient (Wildman–Crippen LogP) is 3.72. The molecule has 4 aromatic rings. The van der Waals surface area contributed by atoms with Gasteiger partial charge in [-0.05, 0) is 61.4 Å². The van der Waals surface area contributed by atoms with Gasteiger partial charge in [0.1, 0.15) is 10.6 Å². The Balaban J connectivity index is 1.57. The van der Waals surface area contributed by atoms with Crippen molar-refractivity contribution in [3.8, 4) is 11.6 Å². The predicted molar refractivity (Wildman–Crippen MR) is 138 cm³/mol. The minimum absolute atomic E-state index is 0.185. The van der Waals surface area contributed by atoms with Crippen LogP contribution in [-0.2, 0) is 6.42 Å². The van der Waals surface area contributed by atoms with Crippen LogP contribution in [0, 0.1) is 6.92 Å². The lowest BCUT2D eigenvalue weighted by Crippen LogP contribution is -2.31. The first-order chi connectivity index (χ1) is 16.8. The Hall–Kier alpha value is -3.90. The van der Waals surface area contributed by atoms with Gasteiger partial charge in [0.2, 0.25) is 11.0 Å². The SMILES string of the molecule is CCc1nnc(NC(=O)c2ccc(N=Cc3c(O)n(-c4ccc(Br)c(C)c4)c(=O)[nH]c3=O)cc2)s1. The molecule has 1 amide bonds. The number of anilines is 1. The first-order valence-corrected chi connectivity index (χ1v) is 12.0. The van der Waals surface area contributed by atoms with E-state index in [0.29, 0.717) is 22.1 Å². The molecule has 2 heterocycles. The molecule has 0 fully saturated rings. The van der Waals surface area contributed by atoms with Crippen LogP contribution in [0.5, 0.6) is 5.88 Å². The molecular weight excluding hydrogens is 536 g/mol. The molecule has 2 aromatic carbocycles. The van der Waals surface area contributed by atoms with Crippen LogP contribution in [0.15, 0.2) is 61.5 Å². The lowest BCUT2D eigenvalue weighted by atomic mass is 10.2. The minimum Gasteiger partial charge on any atom is -0.493 e. The molecule has 0 unspecified atom stereocenters. The van der Waals surface area contributed by atoms with Gasteiger partial charge in [0.15, 0.2) is 0 Å². The van der Waals surface area contributed by atoms with E-state index in [1.165, 1.54) is 17.6 Å². The number of amides is 1. The van der Waals surface area contributed by atoms with Crippen molar-refractivity contribution in [1.82, 2.24) is 19.7 Å². The highest BCUT2D eigenvalue weighted by atomic mass is 79.9. The summed E-state index contributed by atoms with van der Waals surface area (Å²) < 4.78 is 1.83. The van der Waals surface area contributed by atoms with E-state index in [1.807, 2.05) is 13.8 Å². The summed E-state index contributed by atoms with van der Waals surface area (Å²) in [5, 5.41) is 22.5. The van der Waals surface area contributed by atoms with E-state index < -0.39 is 17.1 Å². The number of carbonyl (C=O) groups is 1. The van der Waals surface area contributed by atoms with Gasteiger partial charge in [0.25, 0.3) is 11.5 Å². The number of aromatic nitrogens is 4. The number of benzene rings is 2. The van der Waals surface area contributed by atoms with E-state index in [0.717, 1.165) is 26.0 Å². The topological polar surface area (TPSA) is 142 Å². The molecule has 0 saturated carbocycles. The summed E-state index contributed by atoms with van der Waals surface area (Å²) in [6.07, 6.45) is 1.90. The molecule has 0 aliphatic rings. The fourth-order valence-corrected chi connectivity index (χ4v) is 4.04. The Morgan fingerprint density at radius 2 is 1.97 bits per heavy atom. The molecule has 35 heavy (non-hydrogen) atoms. The van der Waals surface area contributed by atoms with Crippen LogP contribution in [0.3, 0.4) is 0 Å². The van der Waals surface area contributed by atoms with Crippen LogP contribution in [0.1, 0.15) is 33.4 Å². The maximum Gasteiger partial charge on any atom is 0.335 e. The lowest BCUT2D eigenvalue weighted by Gasteiger charge is -2.11. The quantitative estimate of drug-likeness (QED) is 0.310. The molecule has 3 N–H and O–H groups in total. The van der Waals surface area contributed by atoms with E-state index in [4.69, 9.17) is 0 Å². The van der Waals surface area contributed by atoms with Crippen molar-refractivity contribution in [2.75, 3.05) is 5.32 Å². The highest BCUT2D eigenvalue weighted by molar-refractivity contribution is 9.10. The third-order valence-electron chi connectivity index (χ3n) is 4.98. The van der Waals surface area contributed by atoms with Crippen molar-refractivity contribution in [3.63, 3.8) is 0 Å². The summed E-state index contributed by atoms with van der Waals surface area (Å²) in [5.74, 6) is -0.881. The number of hydrogen-bond acceptors (Lipinski definition) is 8. The van der Waals surface area contributed by atoms with Gasteiger partial charge in [-0.3, -0.25) is 24.9 Å². The number of halogens is 1. The Morgan fingerprint density at radius 3 is 2.63 bits per heavy atom. The number of hydrogen-bond donors (Lipinski definition) is 3. The standard InChI is InChI=1S/C23H19BrN6O4S/c1-3-18-28-29-22(35-18)26-19(31)13-4-6-14(7-5-13)25-11-16-20(32)27-23(34)30(21(16)33)15-8-9-17(24)12(2)10-15/h4-11,33H,3H2,1-2H3,(H,26,29,31)(H,27,32,34). The van der Waals surface area contributed by atoms with Crippen LogP contribution in [0.4, 0.5) is 10.8 Å². The summed E-state index contributed by atoms with van der Waals surface area (Å²) in [7, 11) is 0. The number of rotatable bonds is 6. The van der Waals surface area contributed by atoms with Crippen LogP contribution >= 0.6 is 27.3 Å². The van der Waals surface area contributed by atoms with Crippen molar-refractivity contribution >= 4 is 50.2 Å². The molecule has 2 aromatic heterocycles. The third kappa shape index (κ3) is 5.28. The molecule has 0 aliphatic carbocycles. The summed E-state index contributed by atoms with van der Waals surface area (Å²) in [4.78, 5) is 43.5. The van der Waals surface area contributed by atoms with Crippen molar-refractivity contribution in [3.05, 3.63) is 89.5 Å². The van der Waals surface area contributed by atoms with Gasteiger partial charge in [-0.2, -0.15) is 0 Å². The summed E-state index contributed by atoms with van der Waals surface area (Å²) in [6.45, 7) is 3.79. The first kappa shape index (κ1) is 24.2. The number of nitrogens with zero attached hydrogens (tertiary/aromatic N) is 4. The molecule has 0 spiro atoms. The minimum atomic E-state index is -0.777. The second kappa shape index (κ2) is 10.2. The summed E-state index contributed by atoms with van der Waals surface area (Å²) >= 11 is 4.70. The Morgan fingerprint density at radius 1 is 1.23 bits per heavy atom. The van der Waals surface area contributed by atoms with Crippen LogP contribution in [0.2, 0.25) is 0 Å². The highest BCUT2D eigenvalue weighted by Crippen LogP contribution is 2.22. The van der Waals surface area contributed by atoms with Crippen LogP contribution < -0.4 is 16.6 Å². The smallest absolute Gasteiger partial charge is 0.335 e. The van der Waals surface area contributed by atoms with Crippen molar-refractivity contribution in [2.45, 2.75) is 20.3 Å². The van der Waals surface area contributed by atoms with Crippen LogP contribution in [0.25, 0.3) is 5.69 Å². The van der Waals surface area contributed by atoms with Crippen molar-refractivity contribution in [1.29, 1.82) is 0 Å². The van der Waals surface area contributed by atoms with Crippen molar-refractivity contribution in [2.24, 2.45) is 4.99 Å². The van der Waals surface area contributed by atoms with Gasteiger partial charge < -0.3 is 5.11 Å². The van der Waals surface area contributed by atoms with E-state index in [1.54, 1.807) is 42.5 Å². The molecule has 0 saturated heterocycles. The van der Waals surface area contributed by atoms with E-state index >= 15 is 0 Å². The Labute approximate surface area is 211 Å². The van der Waals surface area contributed by atoms with E-state index in [-0.39, 0.29) is 11.5 Å². The number of H-pyrrole nitrogens is 1. The fourth-order valence-electron chi connectivity index (χ4n) is 3.12. The summed E-state index contributed by atoms with van der Waals surface area (Å²) in [5.41, 5.74) is 0.310. The number of aromatic amines is 1. The molecule has 0 atom stereocenters. The van der Waals surface area contributed by atoms with Gasteiger partial charge in [-0.25, -0.2) is 9.36 Å². The van der Waals surface area contributed by atoms with Gasteiger partial charge in [0, 0.05) is 16.3 Å². The van der Waals surface area contributed by atoms with Gasteiger partial charge in [-0.1, -0.05) is 34.2 Å². The number of aryl methyl sites for hydroxylation is 2. The Kier molecular flexibility index (Phi) is 7.03. The molecule has 0 bridgehead atoms. The highest BCUT2D eigenvalue weighted by Gasteiger charge is 2.15. The number of nitrogens with one attached hydrogen (secondary N) is 2. The molecular formula is C23H19BrN6O4S. The second-order valence-electron chi connectivity index (χ2n) is 7.38. The molecule has 4 rings (SSSR count). The first-order valence-electron chi connectivity index (χ1n) is 10.4. The number of carbonyl (C=O) groups excluding carboxylic acids is 1. The van der Waals surface area contributed by atoms with E-state index in [2.05, 4.69) is 41.4 Å². The molecule has 0 aliphatic heterocycles. The van der Waals surface area contributed by atoms with Gasteiger partial charge >= 0.3 is 5.69 Å². The monoisotopic (exact) mass is 554 g/mol. The number of aliphatic imine (C=N–C) groups is 1. The fraction of sp³-hybridized carbons (Fsp3) is 0.130. The maximum atomic E-state index is 12.4. The van der Waals surface area contributed by atoms with Gasteiger partial charge in [0.05, 0.1) is 11.4 Å². The van der Waals surface area contributed by atoms with Crippen LogP contribution in [-0.4, -0.2) is 37.0 Å². The molecule has 10 nitrogen and oxygen atoms in total. The zero-order chi connectivity index (χ0) is 25.1. The lowest BCUT2D eigenvalue weighted by molar-refractivity contribution is 0.102. The van der Waals surface area contributed by atoms with Crippen molar-refractivity contribution < 1.29 is 9.90 Å². The zero-order valence-electron chi connectivity index (χ0n) is 18.6. The molecule has 0 radical (unpaired) electrons. The number of aromatic hydroxyl groups is 1. The summed E-state index contributed by atoms with van der Waals surface area (Å²) in [6, 6.07) is 11.4. The molecule has 12 heteroatoms. The van der Waals surface area contributed by atoms with E-state index in [9.17, 15) is 19.5 Å². The normalized spacial score (nSPS) is 11.2. The maximum absolute atomic E-state index is 12.4. The average Bonchev–Trinajstić information content (AvgIpc) is 3.29. The Bertz CT molecular complexity index is 1560. The average molecular weight is 555 g/mol. The second-order valence-corrected chi connectivity index (χ2v) is 9.30. The third-order valence-corrected chi connectivity index (χ3v) is 6.86. The largest absolute Gasteiger partial charge is 0.493 e. The van der Waals surface area contributed by atoms with Gasteiger partial charge in [-0.15, -0.1) is 10.2 Å². The molecule has 178 valence electrons. The zero-order valence-corrected chi connectivity index (χ0v) is 21.0.